The first-order valence-corrected chi connectivity index (χ1v) is 8.87. The second-order valence-corrected chi connectivity index (χ2v) is 7.37. The molecule has 0 spiro atoms. The molecule has 4 nitrogen and oxygen atoms in total. The molecule has 1 fully saturated rings. The van der Waals surface area contributed by atoms with Gasteiger partial charge in [-0.15, -0.1) is 0 Å². The Labute approximate surface area is 144 Å². The molecule has 0 saturated carbocycles. The molecule has 1 N–H and O–H groups in total. The van der Waals surface area contributed by atoms with Crippen LogP contribution in [0, 0.1) is 6.92 Å². The van der Waals surface area contributed by atoms with Crippen LogP contribution in [0.1, 0.15) is 49.2 Å². The molecular weight excluding hydrogens is 298 g/mol. The lowest BCUT2D eigenvalue weighted by Crippen LogP contribution is -2.53. The Bertz CT molecular complexity index is 733. The highest BCUT2D eigenvalue weighted by Gasteiger charge is 2.28. The average Bonchev–Trinajstić information content (AvgIpc) is 2.59. The molecule has 0 bridgehead atoms. The summed E-state index contributed by atoms with van der Waals surface area (Å²) < 4.78 is 0. The molecule has 2 aromatic rings. The first-order valence-electron chi connectivity index (χ1n) is 8.87. The number of aromatic nitrogens is 1. The maximum atomic E-state index is 12.8. The molecule has 1 aromatic carbocycles. The predicted molar refractivity (Wildman–Crippen MR) is 98.3 cm³/mol. The number of carbonyl (C=O) groups is 1. The molecule has 0 aliphatic carbocycles. The standard InChI is InChI=1S/C20H27N3O/c1-15-13-17(16-9-5-6-10-18(16)22-15)19(24)21-14-20(2,3)23-11-7-4-8-12-23/h5-6,9-10,13H,4,7-8,11-12,14H2,1-3H3,(H,21,24). The van der Waals surface area contributed by atoms with Crippen molar-refractivity contribution in [3.8, 4) is 0 Å². The third kappa shape index (κ3) is 3.59. The fraction of sp³-hybridized carbons (Fsp3) is 0.500. The van der Waals surface area contributed by atoms with Gasteiger partial charge >= 0.3 is 0 Å². The number of hydrogen-bond acceptors (Lipinski definition) is 3. The van der Waals surface area contributed by atoms with Gasteiger partial charge in [-0.1, -0.05) is 24.6 Å². The van der Waals surface area contributed by atoms with Gasteiger partial charge in [-0.3, -0.25) is 14.7 Å². The van der Waals surface area contributed by atoms with Gasteiger partial charge in [-0.25, -0.2) is 0 Å². The van der Waals surface area contributed by atoms with E-state index in [1.165, 1.54) is 19.3 Å². The lowest BCUT2D eigenvalue weighted by Gasteiger charge is -2.41. The topological polar surface area (TPSA) is 45.2 Å². The lowest BCUT2D eigenvalue weighted by atomic mass is 9.98. The molecule has 2 heterocycles. The zero-order chi connectivity index (χ0) is 17.2. The highest BCUT2D eigenvalue weighted by molar-refractivity contribution is 6.06. The Balaban J connectivity index is 1.75. The second-order valence-electron chi connectivity index (χ2n) is 7.37. The minimum atomic E-state index is -0.0199. The van der Waals surface area contributed by atoms with Crippen LogP contribution in [0.5, 0.6) is 0 Å². The Morgan fingerprint density at radius 1 is 1.21 bits per heavy atom. The van der Waals surface area contributed by atoms with Crippen LogP contribution >= 0.6 is 0 Å². The lowest BCUT2D eigenvalue weighted by molar-refractivity contribution is 0.0798. The van der Waals surface area contributed by atoms with Crippen LogP contribution in [0.2, 0.25) is 0 Å². The van der Waals surface area contributed by atoms with E-state index in [1.54, 1.807) is 0 Å². The van der Waals surface area contributed by atoms with E-state index in [0.29, 0.717) is 12.1 Å². The molecular formula is C20H27N3O. The van der Waals surface area contributed by atoms with Crippen molar-refractivity contribution in [1.29, 1.82) is 0 Å². The third-order valence-corrected chi connectivity index (χ3v) is 4.98. The number of pyridine rings is 1. The average molecular weight is 325 g/mol. The van der Waals surface area contributed by atoms with Gasteiger partial charge in [0.1, 0.15) is 0 Å². The summed E-state index contributed by atoms with van der Waals surface area (Å²) >= 11 is 0. The van der Waals surface area contributed by atoms with Crippen LogP contribution in [0.15, 0.2) is 30.3 Å². The van der Waals surface area contributed by atoms with Crippen molar-refractivity contribution in [1.82, 2.24) is 15.2 Å². The van der Waals surface area contributed by atoms with Gasteiger partial charge in [-0.2, -0.15) is 0 Å². The molecule has 1 saturated heterocycles. The van der Waals surface area contributed by atoms with Crippen molar-refractivity contribution in [2.75, 3.05) is 19.6 Å². The van der Waals surface area contributed by atoms with E-state index in [1.807, 2.05) is 37.3 Å². The summed E-state index contributed by atoms with van der Waals surface area (Å²) in [5.74, 6) is -0.0122. The maximum absolute atomic E-state index is 12.8. The first kappa shape index (κ1) is 16.9. The van der Waals surface area contributed by atoms with Gasteiger partial charge in [0.05, 0.1) is 11.1 Å². The van der Waals surface area contributed by atoms with E-state index >= 15 is 0 Å². The Kier molecular flexibility index (Phi) is 4.86. The number of likely N-dealkylation sites (tertiary alicyclic amines) is 1. The fourth-order valence-electron chi connectivity index (χ4n) is 3.50. The van der Waals surface area contributed by atoms with E-state index in [4.69, 9.17) is 0 Å². The van der Waals surface area contributed by atoms with Gasteiger partial charge in [0.15, 0.2) is 0 Å². The fourth-order valence-corrected chi connectivity index (χ4v) is 3.50. The summed E-state index contributed by atoms with van der Waals surface area (Å²) in [7, 11) is 0. The summed E-state index contributed by atoms with van der Waals surface area (Å²) in [6.45, 7) is 9.27. The largest absolute Gasteiger partial charge is 0.350 e. The van der Waals surface area contributed by atoms with Crippen molar-refractivity contribution in [3.05, 3.63) is 41.6 Å². The van der Waals surface area contributed by atoms with E-state index in [0.717, 1.165) is 29.7 Å². The zero-order valence-electron chi connectivity index (χ0n) is 14.9. The summed E-state index contributed by atoms with van der Waals surface area (Å²) in [6.07, 6.45) is 3.83. The van der Waals surface area contributed by atoms with Crippen LogP contribution in [0.4, 0.5) is 0 Å². The van der Waals surface area contributed by atoms with Crippen LogP contribution in [-0.2, 0) is 0 Å². The smallest absolute Gasteiger partial charge is 0.252 e. The summed E-state index contributed by atoms with van der Waals surface area (Å²) in [6, 6.07) is 9.71. The Morgan fingerprint density at radius 2 is 1.92 bits per heavy atom. The Hall–Kier alpha value is -1.94. The van der Waals surface area contributed by atoms with Crippen LogP contribution < -0.4 is 5.32 Å². The molecule has 1 aliphatic rings. The molecule has 1 amide bonds. The number of para-hydroxylation sites is 1. The third-order valence-electron chi connectivity index (χ3n) is 4.98. The molecule has 24 heavy (non-hydrogen) atoms. The molecule has 1 aromatic heterocycles. The quantitative estimate of drug-likeness (QED) is 0.935. The van der Waals surface area contributed by atoms with E-state index in [9.17, 15) is 4.79 Å². The van der Waals surface area contributed by atoms with Crippen LogP contribution in [-0.4, -0.2) is 41.0 Å². The van der Waals surface area contributed by atoms with Crippen molar-refractivity contribution in [3.63, 3.8) is 0 Å². The zero-order valence-corrected chi connectivity index (χ0v) is 14.9. The maximum Gasteiger partial charge on any atom is 0.252 e. The van der Waals surface area contributed by atoms with Gasteiger partial charge in [0.25, 0.3) is 5.91 Å². The van der Waals surface area contributed by atoms with Crippen LogP contribution in [0.25, 0.3) is 10.9 Å². The van der Waals surface area contributed by atoms with E-state index < -0.39 is 0 Å². The number of benzene rings is 1. The number of carbonyl (C=O) groups excluding carboxylic acids is 1. The molecule has 0 unspecified atom stereocenters. The van der Waals surface area contributed by atoms with Gasteiger partial charge in [0, 0.05) is 23.2 Å². The highest BCUT2D eigenvalue weighted by atomic mass is 16.1. The Morgan fingerprint density at radius 3 is 2.67 bits per heavy atom. The number of hydrogen-bond donors (Lipinski definition) is 1. The second kappa shape index (κ2) is 6.89. The number of nitrogens with zero attached hydrogens (tertiary/aromatic N) is 2. The first-order chi connectivity index (χ1) is 11.5. The van der Waals surface area contributed by atoms with Gasteiger partial charge in [-0.05, 0) is 58.8 Å². The van der Waals surface area contributed by atoms with Gasteiger partial charge < -0.3 is 5.32 Å². The van der Waals surface area contributed by atoms with Gasteiger partial charge in [0.2, 0.25) is 0 Å². The summed E-state index contributed by atoms with van der Waals surface area (Å²) in [5.41, 5.74) is 2.44. The van der Waals surface area contributed by atoms with Crippen molar-refractivity contribution in [2.45, 2.75) is 45.6 Å². The number of rotatable bonds is 4. The molecule has 0 atom stereocenters. The molecule has 4 heteroatoms. The minimum Gasteiger partial charge on any atom is -0.350 e. The summed E-state index contributed by atoms with van der Waals surface area (Å²) in [5, 5.41) is 4.06. The monoisotopic (exact) mass is 325 g/mol. The SMILES string of the molecule is Cc1cc(C(=O)NCC(C)(C)N2CCCCC2)c2ccccc2n1. The number of piperidine rings is 1. The normalized spacial score (nSPS) is 16.3. The van der Waals surface area contributed by atoms with E-state index in [-0.39, 0.29) is 11.4 Å². The molecule has 3 rings (SSSR count). The molecule has 128 valence electrons. The number of aryl methyl sites for hydroxylation is 1. The number of fused-ring (bicyclic) bond motifs is 1. The van der Waals surface area contributed by atoms with Crippen molar-refractivity contribution in [2.24, 2.45) is 0 Å². The predicted octanol–water partition coefficient (Wildman–Crippen LogP) is 3.54. The number of nitrogens with one attached hydrogen (secondary N) is 1. The minimum absolute atomic E-state index is 0.0122. The number of amides is 1. The molecule has 1 aliphatic heterocycles. The summed E-state index contributed by atoms with van der Waals surface area (Å²) in [4.78, 5) is 19.8. The van der Waals surface area contributed by atoms with Crippen molar-refractivity contribution < 1.29 is 4.79 Å². The van der Waals surface area contributed by atoms with Crippen LogP contribution in [0.3, 0.4) is 0 Å². The highest BCUT2D eigenvalue weighted by Crippen LogP contribution is 2.21. The molecule has 0 radical (unpaired) electrons. The van der Waals surface area contributed by atoms with Crippen molar-refractivity contribution >= 4 is 16.8 Å². The van der Waals surface area contributed by atoms with E-state index in [2.05, 4.69) is 29.0 Å².